The Bertz CT molecular complexity index is 558. The summed E-state index contributed by atoms with van der Waals surface area (Å²) in [5.41, 5.74) is 5.93. The third-order valence-corrected chi connectivity index (χ3v) is 4.61. The summed E-state index contributed by atoms with van der Waals surface area (Å²) in [6, 6.07) is 2.38. The van der Waals surface area contributed by atoms with Gasteiger partial charge in [0.1, 0.15) is 17.0 Å². The number of thiophene rings is 1. The Balaban J connectivity index is 1.94. The third-order valence-electron chi connectivity index (χ3n) is 3.79. The molecule has 1 aliphatic rings. The van der Waals surface area contributed by atoms with Crippen molar-refractivity contribution in [2.75, 3.05) is 25.1 Å². The average molecular weight is 278 g/mol. The van der Waals surface area contributed by atoms with Gasteiger partial charge in [-0.3, -0.25) is 0 Å². The summed E-state index contributed by atoms with van der Waals surface area (Å²) in [5.74, 6) is 1.01. The van der Waals surface area contributed by atoms with Crippen LogP contribution in [0.5, 0.6) is 0 Å². The molecule has 2 atom stereocenters. The van der Waals surface area contributed by atoms with E-state index in [1.54, 1.807) is 24.8 Å². The van der Waals surface area contributed by atoms with E-state index in [-0.39, 0.29) is 6.04 Å². The average Bonchev–Trinajstić information content (AvgIpc) is 2.95. The lowest BCUT2D eigenvalue weighted by molar-refractivity contribution is 0.0708. The summed E-state index contributed by atoms with van der Waals surface area (Å²) in [6.07, 6.45) is 3.93. The first kappa shape index (κ1) is 12.8. The van der Waals surface area contributed by atoms with Crippen LogP contribution in [-0.4, -0.2) is 42.3 Å². The number of methoxy groups -OCH3 is 1. The molecule has 3 rings (SSSR count). The Morgan fingerprint density at radius 2 is 2.42 bits per heavy atom. The Kier molecular flexibility index (Phi) is 3.63. The van der Waals surface area contributed by atoms with Crippen LogP contribution in [0.15, 0.2) is 17.8 Å². The monoisotopic (exact) mass is 278 g/mol. The number of nitrogens with two attached hydrogens (primary N) is 1. The number of aromatic nitrogens is 2. The highest BCUT2D eigenvalue weighted by atomic mass is 32.1. The van der Waals surface area contributed by atoms with Crippen LogP contribution in [0.1, 0.15) is 12.8 Å². The minimum absolute atomic E-state index is 0.289. The lowest BCUT2D eigenvalue weighted by Gasteiger charge is -2.39. The molecule has 2 N–H and O–H groups in total. The molecule has 5 nitrogen and oxygen atoms in total. The van der Waals surface area contributed by atoms with Gasteiger partial charge in [-0.2, -0.15) is 0 Å². The maximum atomic E-state index is 5.93. The van der Waals surface area contributed by atoms with E-state index in [1.807, 2.05) is 0 Å². The quantitative estimate of drug-likeness (QED) is 0.924. The molecule has 0 aromatic carbocycles. The normalized spacial score (nSPS) is 24.0. The zero-order chi connectivity index (χ0) is 13.2. The van der Waals surface area contributed by atoms with Crippen LogP contribution in [0, 0.1) is 0 Å². The molecular weight excluding hydrogens is 260 g/mol. The molecule has 0 bridgehead atoms. The lowest BCUT2D eigenvalue weighted by atomic mass is 9.99. The second kappa shape index (κ2) is 5.40. The molecule has 1 aliphatic heterocycles. The van der Waals surface area contributed by atoms with Crippen LogP contribution < -0.4 is 10.6 Å². The van der Waals surface area contributed by atoms with Crippen molar-refractivity contribution in [3.63, 3.8) is 0 Å². The smallest absolute Gasteiger partial charge is 0.141 e. The van der Waals surface area contributed by atoms with E-state index in [9.17, 15) is 0 Å². The number of piperidine rings is 1. The van der Waals surface area contributed by atoms with Gasteiger partial charge in [0.05, 0.1) is 11.5 Å². The van der Waals surface area contributed by atoms with Gasteiger partial charge >= 0.3 is 0 Å². The maximum absolute atomic E-state index is 5.93. The third kappa shape index (κ3) is 2.31. The largest absolute Gasteiger partial charge is 0.381 e. The second-order valence-corrected chi connectivity index (χ2v) is 5.70. The van der Waals surface area contributed by atoms with E-state index >= 15 is 0 Å². The topological polar surface area (TPSA) is 64.3 Å². The van der Waals surface area contributed by atoms with E-state index in [0.29, 0.717) is 12.6 Å². The Hall–Kier alpha value is -1.24. The SMILES string of the molecule is COC1CCN(c2ncnc3sccc23)C(CN)C1. The molecule has 1 fully saturated rings. The molecule has 2 unspecified atom stereocenters. The van der Waals surface area contributed by atoms with E-state index in [1.165, 1.54) is 0 Å². The van der Waals surface area contributed by atoms with Gasteiger partial charge in [-0.25, -0.2) is 9.97 Å². The summed E-state index contributed by atoms with van der Waals surface area (Å²) in [5, 5.41) is 3.18. The zero-order valence-electron chi connectivity index (χ0n) is 11.0. The summed E-state index contributed by atoms with van der Waals surface area (Å²) in [4.78, 5) is 12.1. The molecule has 0 saturated carbocycles. The first-order valence-electron chi connectivity index (χ1n) is 6.51. The van der Waals surface area contributed by atoms with Gasteiger partial charge in [0.25, 0.3) is 0 Å². The van der Waals surface area contributed by atoms with Gasteiger partial charge in [0.15, 0.2) is 0 Å². The van der Waals surface area contributed by atoms with Gasteiger partial charge in [0.2, 0.25) is 0 Å². The first-order chi connectivity index (χ1) is 9.33. The van der Waals surface area contributed by atoms with Crippen LogP contribution >= 0.6 is 11.3 Å². The van der Waals surface area contributed by atoms with E-state index in [0.717, 1.165) is 35.4 Å². The highest BCUT2D eigenvalue weighted by Gasteiger charge is 2.29. The molecule has 1 saturated heterocycles. The fourth-order valence-electron chi connectivity index (χ4n) is 2.74. The second-order valence-electron chi connectivity index (χ2n) is 4.80. The van der Waals surface area contributed by atoms with Crippen molar-refractivity contribution in [3.05, 3.63) is 17.8 Å². The van der Waals surface area contributed by atoms with Crippen molar-refractivity contribution in [1.82, 2.24) is 9.97 Å². The molecule has 6 heteroatoms. The molecule has 102 valence electrons. The minimum Gasteiger partial charge on any atom is -0.381 e. The van der Waals surface area contributed by atoms with Crippen molar-refractivity contribution in [3.8, 4) is 0 Å². The van der Waals surface area contributed by atoms with Crippen molar-refractivity contribution in [1.29, 1.82) is 0 Å². The van der Waals surface area contributed by atoms with Gasteiger partial charge < -0.3 is 15.4 Å². The molecule has 0 radical (unpaired) electrons. The van der Waals surface area contributed by atoms with Gasteiger partial charge in [-0.15, -0.1) is 11.3 Å². The Morgan fingerprint density at radius 1 is 1.53 bits per heavy atom. The summed E-state index contributed by atoms with van der Waals surface area (Å²) in [6.45, 7) is 1.55. The predicted octanol–water partition coefficient (Wildman–Crippen LogP) is 1.63. The molecule has 19 heavy (non-hydrogen) atoms. The molecule has 2 aromatic rings. The number of hydrogen-bond donors (Lipinski definition) is 1. The minimum atomic E-state index is 0.289. The number of fused-ring (bicyclic) bond motifs is 1. The molecule has 2 aromatic heterocycles. The maximum Gasteiger partial charge on any atom is 0.141 e. The fourth-order valence-corrected chi connectivity index (χ4v) is 3.46. The number of hydrogen-bond acceptors (Lipinski definition) is 6. The van der Waals surface area contributed by atoms with Crippen molar-refractivity contribution >= 4 is 27.4 Å². The first-order valence-corrected chi connectivity index (χ1v) is 7.39. The lowest BCUT2D eigenvalue weighted by Crippen LogP contribution is -2.49. The van der Waals surface area contributed by atoms with Crippen LogP contribution in [-0.2, 0) is 4.74 Å². The molecule has 0 aliphatic carbocycles. The summed E-state index contributed by atoms with van der Waals surface area (Å²) >= 11 is 1.65. The van der Waals surface area contributed by atoms with E-state index in [4.69, 9.17) is 10.5 Å². The van der Waals surface area contributed by atoms with E-state index < -0.39 is 0 Å². The number of nitrogens with zero attached hydrogens (tertiary/aromatic N) is 3. The zero-order valence-corrected chi connectivity index (χ0v) is 11.8. The van der Waals surface area contributed by atoms with Crippen LogP contribution in [0.3, 0.4) is 0 Å². The predicted molar refractivity (Wildman–Crippen MR) is 77.6 cm³/mol. The highest BCUT2D eigenvalue weighted by Crippen LogP contribution is 2.31. The van der Waals surface area contributed by atoms with Gasteiger partial charge in [-0.05, 0) is 24.3 Å². The Morgan fingerprint density at radius 3 is 3.21 bits per heavy atom. The summed E-state index contributed by atoms with van der Waals surface area (Å²) < 4.78 is 5.47. The number of rotatable bonds is 3. The van der Waals surface area contributed by atoms with Crippen molar-refractivity contribution in [2.45, 2.75) is 25.0 Å². The highest BCUT2D eigenvalue weighted by molar-refractivity contribution is 7.16. The molecule has 3 heterocycles. The number of ether oxygens (including phenoxy) is 1. The molecule has 0 spiro atoms. The molecule has 0 amide bonds. The van der Waals surface area contributed by atoms with Crippen LogP contribution in [0.2, 0.25) is 0 Å². The van der Waals surface area contributed by atoms with Crippen molar-refractivity contribution < 1.29 is 4.74 Å². The van der Waals surface area contributed by atoms with Crippen LogP contribution in [0.4, 0.5) is 5.82 Å². The van der Waals surface area contributed by atoms with Crippen molar-refractivity contribution in [2.24, 2.45) is 5.73 Å². The summed E-state index contributed by atoms with van der Waals surface area (Å²) in [7, 11) is 1.77. The Labute approximate surface area is 116 Å². The van der Waals surface area contributed by atoms with Gasteiger partial charge in [0, 0.05) is 26.2 Å². The molecular formula is C13H18N4OS. The van der Waals surface area contributed by atoms with Crippen LogP contribution in [0.25, 0.3) is 10.2 Å². The number of anilines is 1. The standard InChI is InChI=1S/C13H18N4OS/c1-18-10-2-4-17(9(6-10)7-14)12-11-3-5-19-13(11)16-8-15-12/h3,5,8-10H,2,4,6-7,14H2,1H3. The fraction of sp³-hybridized carbons (Fsp3) is 0.538. The van der Waals surface area contributed by atoms with Gasteiger partial charge in [-0.1, -0.05) is 0 Å². The van der Waals surface area contributed by atoms with E-state index in [2.05, 4.69) is 26.3 Å².